The van der Waals surface area contributed by atoms with Crippen molar-refractivity contribution in [1.29, 1.82) is 0 Å². The van der Waals surface area contributed by atoms with Crippen molar-refractivity contribution in [3.63, 3.8) is 0 Å². The zero-order valence-corrected chi connectivity index (χ0v) is 19.8. The number of amides is 2. The third-order valence-electron chi connectivity index (χ3n) is 6.37. The number of nitrogens with one attached hydrogen (secondary N) is 1. The Kier molecular flexibility index (Phi) is 6.23. The van der Waals surface area contributed by atoms with Crippen LogP contribution >= 0.6 is 0 Å². The van der Waals surface area contributed by atoms with Crippen molar-refractivity contribution in [1.82, 2.24) is 14.5 Å². The number of aromatic nitrogens is 2. The number of benzene rings is 3. The molecule has 2 amide bonds. The van der Waals surface area contributed by atoms with E-state index in [2.05, 4.69) is 5.32 Å². The van der Waals surface area contributed by atoms with E-state index in [0.29, 0.717) is 18.8 Å². The van der Waals surface area contributed by atoms with Crippen LogP contribution in [0.3, 0.4) is 0 Å². The summed E-state index contributed by atoms with van der Waals surface area (Å²) in [4.78, 5) is 33.6. The smallest absolute Gasteiger partial charge is 0.247 e. The summed E-state index contributed by atoms with van der Waals surface area (Å²) in [6, 6.07) is 24.0. The number of rotatable bonds is 7. The highest BCUT2D eigenvalue weighted by atomic mass is 16.5. The molecule has 1 aliphatic heterocycles. The fourth-order valence-electron chi connectivity index (χ4n) is 4.68. The van der Waals surface area contributed by atoms with Gasteiger partial charge in [-0.25, -0.2) is 4.98 Å². The average molecular weight is 469 g/mol. The second-order valence-corrected chi connectivity index (χ2v) is 8.68. The molecule has 7 nitrogen and oxygen atoms in total. The van der Waals surface area contributed by atoms with E-state index in [0.717, 1.165) is 28.2 Å². The molecule has 0 bridgehead atoms. The molecule has 35 heavy (non-hydrogen) atoms. The zero-order valence-electron chi connectivity index (χ0n) is 19.8. The van der Waals surface area contributed by atoms with Gasteiger partial charge in [-0.2, -0.15) is 0 Å². The first-order valence-electron chi connectivity index (χ1n) is 11.9. The fraction of sp³-hybridized carbons (Fsp3) is 0.250. The Labute approximate surface area is 204 Å². The van der Waals surface area contributed by atoms with Crippen LogP contribution in [0.15, 0.2) is 78.9 Å². The molecule has 0 aliphatic carbocycles. The number of carbonyl (C=O) groups is 2. The Morgan fingerprint density at radius 1 is 1.00 bits per heavy atom. The fourth-order valence-corrected chi connectivity index (χ4v) is 4.68. The minimum Gasteiger partial charge on any atom is -0.494 e. The average Bonchev–Trinajstić information content (AvgIpc) is 3.26. The minimum absolute atomic E-state index is 0.0113. The van der Waals surface area contributed by atoms with Gasteiger partial charge in [0.15, 0.2) is 0 Å². The maximum Gasteiger partial charge on any atom is 0.247 e. The van der Waals surface area contributed by atoms with E-state index >= 15 is 0 Å². The molecule has 0 spiro atoms. The molecule has 178 valence electrons. The van der Waals surface area contributed by atoms with Gasteiger partial charge in [0, 0.05) is 12.2 Å². The van der Waals surface area contributed by atoms with Crippen LogP contribution in [0, 0.1) is 0 Å². The van der Waals surface area contributed by atoms with Gasteiger partial charge >= 0.3 is 0 Å². The molecule has 4 aromatic rings. The Morgan fingerprint density at radius 3 is 2.46 bits per heavy atom. The molecule has 1 N–H and O–H groups in total. The van der Waals surface area contributed by atoms with E-state index in [1.807, 2.05) is 90.0 Å². The Hall–Kier alpha value is -4.13. The molecule has 7 heteroatoms. The number of hydrogen-bond donors (Lipinski definition) is 1. The third kappa shape index (κ3) is 4.49. The molecule has 0 unspecified atom stereocenters. The van der Waals surface area contributed by atoms with Crippen LogP contribution in [0.1, 0.15) is 43.7 Å². The summed E-state index contributed by atoms with van der Waals surface area (Å²) < 4.78 is 7.42. The first kappa shape index (κ1) is 22.7. The van der Waals surface area contributed by atoms with Crippen LogP contribution in [-0.4, -0.2) is 32.9 Å². The van der Waals surface area contributed by atoms with E-state index in [9.17, 15) is 9.59 Å². The van der Waals surface area contributed by atoms with Gasteiger partial charge in [0.2, 0.25) is 11.8 Å². The molecule has 3 aromatic carbocycles. The maximum atomic E-state index is 13.8. The van der Waals surface area contributed by atoms with Crippen molar-refractivity contribution in [2.75, 3.05) is 11.9 Å². The number of anilines is 1. The van der Waals surface area contributed by atoms with E-state index in [1.54, 1.807) is 12.1 Å². The Morgan fingerprint density at radius 2 is 1.71 bits per heavy atom. The monoisotopic (exact) mass is 468 g/mol. The lowest BCUT2D eigenvalue weighted by atomic mass is 10.0. The number of imidazole rings is 1. The molecular formula is C28H28N4O3. The summed E-state index contributed by atoms with van der Waals surface area (Å²) in [6.07, 6.45) is 0.0113. The zero-order chi connectivity index (χ0) is 24.4. The summed E-state index contributed by atoms with van der Waals surface area (Å²) in [5, 5.41) is 2.93. The second kappa shape index (κ2) is 9.62. The molecule has 1 aromatic heterocycles. The third-order valence-corrected chi connectivity index (χ3v) is 6.37. The number of fused-ring (bicyclic) bond motifs is 3. The SMILES string of the molecule is CCOc1ccc(NC(=O)C[C@@H]2C(=O)N(Cc3ccccc3)[C@H](C)c3nc4ccccc4n32)cc1. The highest BCUT2D eigenvalue weighted by molar-refractivity contribution is 5.96. The number of carbonyl (C=O) groups excluding carboxylic acids is 2. The van der Waals surface area contributed by atoms with Gasteiger partial charge in [-0.15, -0.1) is 0 Å². The molecule has 0 fully saturated rings. The first-order chi connectivity index (χ1) is 17.0. The molecule has 2 atom stereocenters. The van der Waals surface area contributed by atoms with Crippen molar-refractivity contribution in [2.24, 2.45) is 0 Å². The molecule has 1 aliphatic rings. The van der Waals surface area contributed by atoms with E-state index in [-0.39, 0.29) is 24.3 Å². The molecule has 5 rings (SSSR count). The predicted octanol–water partition coefficient (Wildman–Crippen LogP) is 5.11. The standard InChI is InChI=1S/C28H28N4O3/c1-3-35-22-15-13-21(14-16-22)29-26(33)17-25-28(34)31(18-20-9-5-4-6-10-20)19(2)27-30-23-11-7-8-12-24(23)32(25)27/h4-16,19,25H,3,17-18H2,1-2H3,(H,29,33)/t19-,25-/m1/s1. The van der Waals surface area contributed by atoms with Crippen molar-refractivity contribution in [3.05, 3.63) is 90.3 Å². The second-order valence-electron chi connectivity index (χ2n) is 8.68. The topological polar surface area (TPSA) is 76.5 Å². The number of nitrogens with zero attached hydrogens (tertiary/aromatic N) is 3. The van der Waals surface area contributed by atoms with Gasteiger partial charge in [-0.3, -0.25) is 9.59 Å². The van der Waals surface area contributed by atoms with Gasteiger partial charge in [-0.1, -0.05) is 42.5 Å². The van der Waals surface area contributed by atoms with Crippen LogP contribution in [0.2, 0.25) is 0 Å². The summed E-state index contributed by atoms with van der Waals surface area (Å²) in [6.45, 7) is 4.96. The highest BCUT2D eigenvalue weighted by Crippen LogP contribution is 2.37. The predicted molar refractivity (Wildman–Crippen MR) is 135 cm³/mol. The lowest BCUT2D eigenvalue weighted by Gasteiger charge is -2.38. The summed E-state index contributed by atoms with van der Waals surface area (Å²) >= 11 is 0. The summed E-state index contributed by atoms with van der Waals surface area (Å²) in [5.41, 5.74) is 3.38. The van der Waals surface area contributed by atoms with E-state index in [1.165, 1.54) is 0 Å². The van der Waals surface area contributed by atoms with Crippen molar-refractivity contribution < 1.29 is 14.3 Å². The summed E-state index contributed by atoms with van der Waals surface area (Å²) in [5.74, 6) is 1.22. The Bertz CT molecular complexity index is 1350. The first-order valence-corrected chi connectivity index (χ1v) is 11.9. The lowest BCUT2D eigenvalue weighted by Crippen LogP contribution is -2.45. The number of hydrogen-bond acceptors (Lipinski definition) is 4. The van der Waals surface area contributed by atoms with Crippen molar-refractivity contribution >= 4 is 28.5 Å². The quantitative estimate of drug-likeness (QED) is 0.409. The van der Waals surface area contributed by atoms with Crippen LogP contribution < -0.4 is 10.1 Å². The summed E-state index contributed by atoms with van der Waals surface area (Å²) in [7, 11) is 0. The van der Waals surface area contributed by atoms with Crippen LogP contribution in [0.4, 0.5) is 5.69 Å². The molecular weight excluding hydrogens is 440 g/mol. The molecule has 2 heterocycles. The van der Waals surface area contributed by atoms with Gasteiger partial charge in [0.05, 0.1) is 30.1 Å². The largest absolute Gasteiger partial charge is 0.494 e. The van der Waals surface area contributed by atoms with E-state index in [4.69, 9.17) is 9.72 Å². The molecule has 0 radical (unpaired) electrons. The normalized spacial score (nSPS) is 17.3. The van der Waals surface area contributed by atoms with Crippen LogP contribution in [0.25, 0.3) is 11.0 Å². The minimum atomic E-state index is -0.681. The number of para-hydroxylation sites is 2. The van der Waals surface area contributed by atoms with Gasteiger partial charge in [0.25, 0.3) is 0 Å². The molecule has 0 saturated carbocycles. The lowest BCUT2D eigenvalue weighted by molar-refractivity contribution is -0.142. The van der Waals surface area contributed by atoms with Gasteiger partial charge < -0.3 is 19.5 Å². The van der Waals surface area contributed by atoms with Crippen molar-refractivity contribution in [3.8, 4) is 5.75 Å². The van der Waals surface area contributed by atoms with E-state index < -0.39 is 6.04 Å². The van der Waals surface area contributed by atoms with Gasteiger partial charge in [0.1, 0.15) is 17.6 Å². The molecule has 0 saturated heterocycles. The van der Waals surface area contributed by atoms with Crippen LogP contribution in [0.5, 0.6) is 5.75 Å². The van der Waals surface area contributed by atoms with Gasteiger partial charge in [-0.05, 0) is 55.8 Å². The highest BCUT2D eigenvalue weighted by Gasteiger charge is 2.40. The maximum absolute atomic E-state index is 13.8. The number of ether oxygens (including phenoxy) is 1. The van der Waals surface area contributed by atoms with Crippen LogP contribution in [-0.2, 0) is 16.1 Å². The Balaban J connectivity index is 1.45. The van der Waals surface area contributed by atoms with Crippen molar-refractivity contribution in [2.45, 2.75) is 38.9 Å².